The molecule has 0 aliphatic carbocycles. The summed E-state index contributed by atoms with van der Waals surface area (Å²) in [5, 5.41) is 8.49. The summed E-state index contributed by atoms with van der Waals surface area (Å²) in [7, 11) is 0. The van der Waals surface area contributed by atoms with Crippen LogP contribution in [0.4, 0.5) is 10.5 Å². The fourth-order valence-corrected chi connectivity index (χ4v) is 4.21. The Morgan fingerprint density at radius 3 is 2.78 bits per heavy atom. The van der Waals surface area contributed by atoms with E-state index >= 15 is 0 Å². The molecule has 9 heteroatoms. The van der Waals surface area contributed by atoms with Crippen LogP contribution in [0, 0.1) is 12.5 Å². The summed E-state index contributed by atoms with van der Waals surface area (Å²) in [6.07, 6.45) is 13.5. The number of anilines is 1. The van der Waals surface area contributed by atoms with Gasteiger partial charge in [-0.2, -0.15) is 5.10 Å². The van der Waals surface area contributed by atoms with Gasteiger partial charge in [0.2, 0.25) is 0 Å². The number of terminal acetylenes is 1. The Balaban J connectivity index is 1.83. The number of ether oxygens (including phenoxy) is 2. The third-order valence-corrected chi connectivity index (χ3v) is 5.88. The van der Waals surface area contributed by atoms with Crippen LogP contribution < -0.4 is 5.32 Å². The minimum Gasteiger partial charge on any atom is -0.444 e. The molecule has 0 radical (unpaired) electrons. The van der Waals surface area contributed by atoms with Crippen molar-refractivity contribution in [3.8, 4) is 23.6 Å². The van der Waals surface area contributed by atoms with E-state index in [1.54, 1.807) is 43.8 Å². The van der Waals surface area contributed by atoms with Gasteiger partial charge in [0.1, 0.15) is 11.8 Å². The number of nitrogens with zero attached hydrogens (tertiary/aromatic N) is 3. The summed E-state index contributed by atoms with van der Waals surface area (Å²) < 4.78 is 14.6. The molecule has 7 nitrogen and oxygen atoms in total. The Labute approximate surface area is 196 Å². The zero-order valence-electron chi connectivity index (χ0n) is 18.1. The molecule has 32 heavy (non-hydrogen) atoms. The number of nitrogens with one attached hydrogen (secondary N) is 1. The smallest absolute Gasteiger partial charge is 0.412 e. The zero-order chi connectivity index (χ0) is 23.0. The van der Waals surface area contributed by atoms with Crippen molar-refractivity contribution in [1.82, 2.24) is 14.3 Å². The number of hydrogen-bond acceptors (Lipinski definition) is 4. The molecule has 1 aliphatic heterocycles. The van der Waals surface area contributed by atoms with E-state index in [0.717, 1.165) is 30.4 Å². The topological polar surface area (TPSA) is 70.3 Å². The quantitative estimate of drug-likeness (QED) is 0.452. The van der Waals surface area contributed by atoms with Gasteiger partial charge in [0.05, 0.1) is 27.4 Å². The zero-order valence-corrected chi connectivity index (χ0v) is 19.6. The first-order valence-electron chi connectivity index (χ1n) is 10.3. The van der Waals surface area contributed by atoms with E-state index in [-0.39, 0.29) is 11.3 Å². The summed E-state index contributed by atoms with van der Waals surface area (Å²) in [4.78, 5) is 12.5. The minimum atomic E-state index is -0.659. The lowest BCUT2D eigenvalue weighted by molar-refractivity contribution is -0.0394. The van der Waals surface area contributed by atoms with E-state index in [1.165, 1.54) is 0 Å². The van der Waals surface area contributed by atoms with E-state index in [4.69, 9.17) is 39.1 Å². The third-order valence-electron chi connectivity index (χ3n) is 5.10. The first-order valence-corrected chi connectivity index (χ1v) is 11.1. The van der Waals surface area contributed by atoms with E-state index in [0.29, 0.717) is 28.2 Å². The molecule has 0 spiro atoms. The van der Waals surface area contributed by atoms with E-state index in [1.807, 2.05) is 10.9 Å². The average molecular weight is 475 g/mol. The van der Waals surface area contributed by atoms with Gasteiger partial charge in [0, 0.05) is 41.6 Å². The van der Waals surface area contributed by atoms with Gasteiger partial charge in [-0.05, 0) is 46.1 Å². The number of amides is 1. The predicted octanol–water partition coefficient (Wildman–Crippen LogP) is 6.30. The highest BCUT2D eigenvalue weighted by molar-refractivity contribution is 6.46. The normalized spacial score (nSPS) is 16.7. The molecular weight excluding hydrogens is 451 g/mol. The molecule has 1 unspecified atom stereocenters. The molecule has 4 rings (SSSR count). The molecular formula is C23H24Cl2N4O3. The number of carbonyl (C=O) groups is 1. The number of rotatable bonds is 3. The molecule has 1 aliphatic rings. The summed E-state index contributed by atoms with van der Waals surface area (Å²) in [5.74, 6) is 0. The molecule has 2 aromatic heterocycles. The van der Waals surface area contributed by atoms with Crippen molar-refractivity contribution in [2.24, 2.45) is 0 Å². The molecule has 1 fully saturated rings. The van der Waals surface area contributed by atoms with Crippen LogP contribution in [-0.2, 0) is 9.47 Å². The second-order valence-electron chi connectivity index (χ2n) is 8.64. The van der Waals surface area contributed by atoms with Gasteiger partial charge in [-0.1, -0.05) is 29.6 Å². The van der Waals surface area contributed by atoms with Gasteiger partial charge >= 0.3 is 6.09 Å². The van der Waals surface area contributed by atoms with E-state index in [2.05, 4.69) is 16.5 Å². The fraction of sp³-hybridized carbons (Fsp3) is 0.391. The number of halogens is 2. The van der Waals surface area contributed by atoms with Gasteiger partial charge < -0.3 is 9.47 Å². The van der Waals surface area contributed by atoms with Crippen molar-refractivity contribution in [3.63, 3.8) is 0 Å². The second kappa shape index (κ2) is 8.70. The molecule has 168 valence electrons. The Hall–Kier alpha value is -2.66. The van der Waals surface area contributed by atoms with Crippen LogP contribution in [0.1, 0.15) is 46.3 Å². The molecule has 1 atom stereocenters. The highest BCUT2D eigenvalue weighted by atomic mass is 35.5. The maximum atomic E-state index is 12.5. The predicted molar refractivity (Wildman–Crippen MR) is 126 cm³/mol. The molecule has 1 saturated heterocycles. The van der Waals surface area contributed by atoms with Gasteiger partial charge in [0.25, 0.3) is 0 Å². The number of carbonyl (C=O) groups excluding carboxylic acids is 1. The average Bonchev–Trinajstić information content (AvgIpc) is 3.36. The van der Waals surface area contributed by atoms with E-state index in [9.17, 15) is 4.79 Å². The van der Waals surface area contributed by atoms with Gasteiger partial charge in [-0.3, -0.25) is 9.88 Å². The summed E-state index contributed by atoms with van der Waals surface area (Å²) in [6.45, 7) is 6.09. The summed E-state index contributed by atoms with van der Waals surface area (Å²) in [5.41, 5.74) is 1.86. The summed E-state index contributed by atoms with van der Waals surface area (Å²) in [6, 6.07) is 4.19. The van der Waals surface area contributed by atoms with Crippen molar-refractivity contribution in [2.75, 3.05) is 11.9 Å². The van der Waals surface area contributed by atoms with Crippen LogP contribution in [0.25, 0.3) is 22.0 Å². The molecule has 1 N–H and O–H groups in total. The standard InChI is InChI=1S/C23H24Cl2N4O3/c1-5-28-13-15(14-11-26-29(12-14)18-8-6-7-9-31-18)19-17(10-16(24)20(25)21(19)28)27-22(30)32-23(2,3)4/h1,10-13,18H,6-9H2,2-4H3,(H,27,30). The Morgan fingerprint density at radius 1 is 1.34 bits per heavy atom. The lowest BCUT2D eigenvalue weighted by Crippen LogP contribution is -2.27. The number of aromatic nitrogens is 3. The molecule has 1 aromatic carbocycles. The van der Waals surface area contributed by atoms with Gasteiger partial charge in [-0.25, -0.2) is 9.48 Å². The van der Waals surface area contributed by atoms with Gasteiger partial charge in [0.15, 0.2) is 0 Å². The Morgan fingerprint density at radius 2 is 2.12 bits per heavy atom. The van der Waals surface area contributed by atoms with Crippen molar-refractivity contribution in [2.45, 2.75) is 51.9 Å². The maximum Gasteiger partial charge on any atom is 0.412 e. The van der Waals surface area contributed by atoms with Crippen LogP contribution in [0.3, 0.4) is 0 Å². The highest BCUT2D eigenvalue weighted by Crippen LogP contribution is 2.43. The number of hydrogen-bond donors (Lipinski definition) is 1. The van der Waals surface area contributed by atoms with Crippen LogP contribution >= 0.6 is 23.2 Å². The monoisotopic (exact) mass is 474 g/mol. The highest BCUT2D eigenvalue weighted by Gasteiger charge is 2.24. The first kappa shape index (κ1) is 22.5. The summed E-state index contributed by atoms with van der Waals surface area (Å²) >= 11 is 12.9. The molecule has 0 saturated carbocycles. The van der Waals surface area contributed by atoms with Crippen molar-refractivity contribution in [1.29, 1.82) is 0 Å². The minimum absolute atomic E-state index is 0.101. The first-order chi connectivity index (χ1) is 15.2. The van der Waals surface area contributed by atoms with Crippen LogP contribution in [0.15, 0.2) is 24.7 Å². The third kappa shape index (κ3) is 4.44. The molecule has 1 amide bonds. The number of fused-ring (bicyclic) bond motifs is 1. The van der Waals surface area contributed by atoms with Crippen molar-refractivity contribution < 1.29 is 14.3 Å². The maximum absolute atomic E-state index is 12.5. The van der Waals surface area contributed by atoms with Crippen LogP contribution in [-0.4, -0.2) is 32.6 Å². The Bertz CT molecular complexity index is 1210. The SMILES string of the molecule is C#Cn1cc(-c2cnn(C3CCCCO3)c2)c2c(NC(=O)OC(C)(C)C)cc(Cl)c(Cl)c21. The Kier molecular flexibility index (Phi) is 6.13. The fourth-order valence-electron chi connectivity index (χ4n) is 3.77. The van der Waals surface area contributed by atoms with Crippen molar-refractivity contribution in [3.05, 3.63) is 34.7 Å². The molecule has 3 aromatic rings. The van der Waals surface area contributed by atoms with Crippen molar-refractivity contribution >= 4 is 45.9 Å². The van der Waals surface area contributed by atoms with E-state index < -0.39 is 11.7 Å². The van der Waals surface area contributed by atoms with Crippen LogP contribution in [0.5, 0.6) is 0 Å². The molecule has 3 heterocycles. The molecule has 0 bridgehead atoms. The number of benzene rings is 1. The lowest BCUT2D eigenvalue weighted by Gasteiger charge is -2.22. The van der Waals surface area contributed by atoms with Crippen LogP contribution in [0.2, 0.25) is 10.0 Å². The van der Waals surface area contributed by atoms with Gasteiger partial charge in [-0.15, -0.1) is 0 Å². The second-order valence-corrected chi connectivity index (χ2v) is 9.43. The largest absolute Gasteiger partial charge is 0.444 e. The lowest BCUT2D eigenvalue weighted by atomic mass is 10.1.